The van der Waals surface area contributed by atoms with Gasteiger partial charge in [-0.1, -0.05) is 30.3 Å². The van der Waals surface area contributed by atoms with E-state index in [1.807, 2.05) is 30.3 Å². The first-order chi connectivity index (χ1) is 14.2. The van der Waals surface area contributed by atoms with Crippen LogP contribution in [0.3, 0.4) is 0 Å². The van der Waals surface area contributed by atoms with Gasteiger partial charge in [0.25, 0.3) is 14.2 Å². The van der Waals surface area contributed by atoms with Gasteiger partial charge in [0.05, 0.1) is 22.1 Å². The number of halogens is 1. The Morgan fingerprint density at radius 1 is 1.07 bits per heavy atom. The maximum Gasteiger partial charge on any atom is 0.276 e. The Kier molecular flexibility index (Phi) is 9.19. The molecule has 2 aromatic carbocycles. The van der Waals surface area contributed by atoms with Crippen LogP contribution in [0.2, 0.25) is 0 Å². The summed E-state index contributed by atoms with van der Waals surface area (Å²) >= 11 is 3.34. The Morgan fingerprint density at radius 3 is 2.13 bits per heavy atom. The predicted molar refractivity (Wildman–Crippen MR) is 123 cm³/mol. The van der Waals surface area contributed by atoms with Gasteiger partial charge in [0.1, 0.15) is 11.9 Å². The maximum absolute atomic E-state index is 11.9. The standard InChI is InChI=1S/C21H28BrN2O5P/c1-14(2)23(15(3)4)30(28-6)29-21(16-10-8-7-9-11-16)17-12-20(27-5)18(22)13-19(17)24(25)26/h7-15,21H,1-6H3. The molecule has 9 heteroatoms. The van der Waals surface area contributed by atoms with E-state index in [1.165, 1.54) is 13.2 Å². The molecule has 0 amide bonds. The largest absolute Gasteiger partial charge is 0.496 e. The lowest BCUT2D eigenvalue weighted by atomic mass is 10.00. The average Bonchev–Trinajstić information content (AvgIpc) is 2.70. The summed E-state index contributed by atoms with van der Waals surface area (Å²) in [6.45, 7) is 8.28. The fourth-order valence-corrected chi connectivity index (χ4v) is 5.31. The molecule has 0 spiro atoms. The summed E-state index contributed by atoms with van der Waals surface area (Å²) in [5, 5.41) is 11.9. The highest BCUT2D eigenvalue weighted by Gasteiger charge is 2.34. The first-order valence-corrected chi connectivity index (χ1v) is 11.5. The van der Waals surface area contributed by atoms with Gasteiger partial charge in [0, 0.05) is 25.3 Å². The molecule has 2 aromatic rings. The van der Waals surface area contributed by atoms with E-state index in [4.69, 9.17) is 13.8 Å². The minimum atomic E-state index is -1.48. The molecule has 0 fully saturated rings. The molecule has 0 saturated heterocycles. The first-order valence-electron chi connectivity index (χ1n) is 9.57. The Morgan fingerprint density at radius 2 is 1.67 bits per heavy atom. The molecule has 0 heterocycles. The van der Waals surface area contributed by atoms with Crippen LogP contribution in [0.4, 0.5) is 5.69 Å². The third kappa shape index (κ3) is 5.77. The molecule has 0 aliphatic rings. The molecular formula is C21H28BrN2O5P. The van der Waals surface area contributed by atoms with Gasteiger partial charge in [-0.2, -0.15) is 0 Å². The van der Waals surface area contributed by atoms with Gasteiger partial charge in [0.2, 0.25) is 0 Å². The molecule has 2 rings (SSSR count). The number of nitro groups is 1. The molecule has 0 radical (unpaired) electrons. The normalized spacial score (nSPS) is 13.7. The van der Waals surface area contributed by atoms with Crippen molar-refractivity contribution in [2.75, 3.05) is 14.2 Å². The van der Waals surface area contributed by atoms with Crippen molar-refractivity contribution in [1.82, 2.24) is 4.67 Å². The first kappa shape index (κ1) is 24.7. The van der Waals surface area contributed by atoms with Crippen molar-refractivity contribution < 1.29 is 18.7 Å². The Balaban J connectivity index is 2.64. The van der Waals surface area contributed by atoms with Gasteiger partial charge < -0.3 is 13.8 Å². The van der Waals surface area contributed by atoms with Crippen LogP contribution >= 0.6 is 24.5 Å². The Labute approximate surface area is 187 Å². The van der Waals surface area contributed by atoms with E-state index >= 15 is 0 Å². The van der Waals surface area contributed by atoms with Gasteiger partial charge in [-0.25, -0.2) is 4.67 Å². The third-order valence-electron chi connectivity index (χ3n) is 4.48. The van der Waals surface area contributed by atoms with Gasteiger partial charge in [-0.05, 0) is 55.3 Å². The van der Waals surface area contributed by atoms with Gasteiger partial charge in [0.15, 0.2) is 0 Å². The fourth-order valence-electron chi connectivity index (χ4n) is 3.26. The van der Waals surface area contributed by atoms with Crippen molar-refractivity contribution in [1.29, 1.82) is 0 Å². The minimum absolute atomic E-state index is 0.0526. The van der Waals surface area contributed by atoms with Crippen molar-refractivity contribution in [3.05, 3.63) is 68.2 Å². The molecule has 0 aliphatic heterocycles. The quantitative estimate of drug-likeness (QED) is 0.212. The molecular weight excluding hydrogens is 471 g/mol. The van der Waals surface area contributed by atoms with Crippen LogP contribution in [0.25, 0.3) is 0 Å². The van der Waals surface area contributed by atoms with Crippen molar-refractivity contribution in [2.24, 2.45) is 0 Å². The number of rotatable bonds is 10. The summed E-state index contributed by atoms with van der Waals surface area (Å²) in [5.41, 5.74) is 1.15. The summed E-state index contributed by atoms with van der Waals surface area (Å²) < 4.78 is 20.3. The van der Waals surface area contributed by atoms with Gasteiger partial charge in [-0.15, -0.1) is 0 Å². The number of ether oxygens (including phenoxy) is 1. The Bertz CT molecular complexity index is 843. The van der Waals surface area contributed by atoms with E-state index in [0.29, 0.717) is 15.8 Å². The summed E-state index contributed by atoms with van der Waals surface area (Å²) in [7, 11) is 1.64. The number of hydrogen-bond acceptors (Lipinski definition) is 6. The zero-order valence-corrected chi connectivity index (χ0v) is 20.5. The van der Waals surface area contributed by atoms with Crippen LogP contribution in [-0.4, -0.2) is 35.9 Å². The van der Waals surface area contributed by atoms with Crippen LogP contribution < -0.4 is 4.74 Å². The SMILES string of the molecule is COc1cc(C(OP(OC)N(C(C)C)C(C)C)c2ccccc2)c([N+](=O)[O-])cc1Br. The summed E-state index contributed by atoms with van der Waals surface area (Å²) in [6, 6.07) is 12.9. The molecule has 0 aliphatic carbocycles. The van der Waals surface area contributed by atoms with Crippen LogP contribution in [0.1, 0.15) is 44.9 Å². The zero-order chi connectivity index (χ0) is 22.4. The summed E-state index contributed by atoms with van der Waals surface area (Å²) in [4.78, 5) is 11.5. The summed E-state index contributed by atoms with van der Waals surface area (Å²) in [6.07, 6.45) is -0.709. The van der Waals surface area contributed by atoms with E-state index in [-0.39, 0.29) is 17.8 Å². The second-order valence-electron chi connectivity index (χ2n) is 7.19. The van der Waals surface area contributed by atoms with E-state index in [9.17, 15) is 10.1 Å². The summed E-state index contributed by atoms with van der Waals surface area (Å²) in [5.74, 6) is 0.492. The molecule has 2 atom stereocenters. The number of hydrogen-bond donors (Lipinski definition) is 0. The molecule has 0 N–H and O–H groups in total. The monoisotopic (exact) mass is 498 g/mol. The highest BCUT2D eigenvalue weighted by molar-refractivity contribution is 9.10. The number of methoxy groups -OCH3 is 1. The smallest absolute Gasteiger partial charge is 0.276 e. The second kappa shape index (κ2) is 11.2. The molecule has 0 bridgehead atoms. The van der Waals surface area contributed by atoms with Crippen LogP contribution in [0.5, 0.6) is 5.75 Å². The van der Waals surface area contributed by atoms with E-state index in [1.54, 1.807) is 13.2 Å². The fraction of sp³-hybridized carbons (Fsp3) is 0.429. The highest BCUT2D eigenvalue weighted by atomic mass is 79.9. The molecule has 2 unspecified atom stereocenters. The van der Waals surface area contributed by atoms with E-state index in [2.05, 4.69) is 48.3 Å². The number of nitro benzene ring substituents is 1. The Hall–Kier alpha value is -1.57. The van der Waals surface area contributed by atoms with Crippen LogP contribution in [-0.2, 0) is 9.05 Å². The van der Waals surface area contributed by atoms with Gasteiger partial charge in [-0.3, -0.25) is 10.1 Å². The van der Waals surface area contributed by atoms with Crippen LogP contribution in [0.15, 0.2) is 46.9 Å². The third-order valence-corrected chi connectivity index (χ3v) is 7.11. The molecule has 164 valence electrons. The molecule has 30 heavy (non-hydrogen) atoms. The van der Waals surface area contributed by atoms with Gasteiger partial charge >= 0.3 is 0 Å². The topological polar surface area (TPSA) is 74.1 Å². The zero-order valence-electron chi connectivity index (χ0n) is 18.0. The van der Waals surface area contributed by atoms with Crippen molar-refractivity contribution in [2.45, 2.75) is 45.9 Å². The van der Waals surface area contributed by atoms with Crippen molar-refractivity contribution in [3.63, 3.8) is 0 Å². The molecule has 0 saturated carbocycles. The lowest BCUT2D eigenvalue weighted by Gasteiger charge is -2.36. The number of benzene rings is 2. The second-order valence-corrected chi connectivity index (χ2v) is 9.55. The van der Waals surface area contributed by atoms with Crippen molar-refractivity contribution >= 4 is 30.1 Å². The molecule has 0 aromatic heterocycles. The highest BCUT2D eigenvalue weighted by Crippen LogP contribution is 2.52. The van der Waals surface area contributed by atoms with E-state index in [0.717, 1.165) is 5.56 Å². The van der Waals surface area contributed by atoms with Crippen molar-refractivity contribution in [3.8, 4) is 5.75 Å². The molecule has 7 nitrogen and oxygen atoms in total. The lowest BCUT2D eigenvalue weighted by Crippen LogP contribution is -2.33. The maximum atomic E-state index is 11.9. The predicted octanol–water partition coefficient (Wildman–Crippen LogP) is 6.46. The van der Waals surface area contributed by atoms with Crippen LogP contribution in [0, 0.1) is 10.1 Å². The number of nitrogens with zero attached hydrogens (tertiary/aromatic N) is 2. The lowest BCUT2D eigenvalue weighted by molar-refractivity contribution is -0.386. The van der Waals surface area contributed by atoms with E-state index < -0.39 is 19.6 Å². The minimum Gasteiger partial charge on any atom is -0.496 e. The average molecular weight is 499 g/mol.